The number of hydrogen-bond donors (Lipinski definition) is 3. The van der Waals surface area contributed by atoms with E-state index >= 15 is 0 Å². The summed E-state index contributed by atoms with van der Waals surface area (Å²) in [7, 11) is 1.43. The SMILES string of the molecule is COc1ccc(F)cc1C(=O)NCc1ccc(-c2ncc(-c3ccccn3)c3[nH]nc(N)c23)cc1. The Morgan fingerprint density at radius 2 is 1.94 bits per heavy atom. The number of carbonyl (C=O) groups is 1. The molecule has 8 nitrogen and oxygen atoms in total. The molecule has 3 aromatic heterocycles. The summed E-state index contributed by atoms with van der Waals surface area (Å²) >= 11 is 0. The number of rotatable bonds is 6. The number of pyridine rings is 2. The Labute approximate surface area is 200 Å². The third-order valence-corrected chi connectivity index (χ3v) is 5.65. The number of nitrogens with one attached hydrogen (secondary N) is 2. The van der Waals surface area contributed by atoms with Crippen LogP contribution < -0.4 is 15.8 Å². The molecule has 3 heterocycles. The number of methoxy groups -OCH3 is 1. The van der Waals surface area contributed by atoms with Gasteiger partial charge in [-0.25, -0.2) is 4.39 Å². The minimum Gasteiger partial charge on any atom is -0.496 e. The highest BCUT2D eigenvalue weighted by atomic mass is 19.1. The molecule has 0 saturated heterocycles. The monoisotopic (exact) mass is 468 g/mol. The number of halogens is 1. The van der Waals surface area contributed by atoms with Crippen molar-refractivity contribution < 1.29 is 13.9 Å². The quantitative estimate of drug-likeness (QED) is 0.341. The third kappa shape index (κ3) is 4.26. The van der Waals surface area contributed by atoms with E-state index in [4.69, 9.17) is 10.5 Å². The molecule has 0 aliphatic rings. The number of nitrogens with two attached hydrogens (primary N) is 1. The molecular weight excluding hydrogens is 447 g/mol. The lowest BCUT2D eigenvalue weighted by Gasteiger charge is -2.10. The number of H-pyrrole nitrogens is 1. The van der Waals surface area contributed by atoms with Gasteiger partial charge in [0.15, 0.2) is 5.82 Å². The standard InChI is InChI=1S/C26H21FN6O2/c1-35-21-10-9-17(27)12-18(21)26(34)31-13-15-5-7-16(8-6-15)23-22-24(32-33-25(22)28)19(14-30-23)20-4-2-3-11-29-20/h2-12,14H,13H2,1H3,(H,31,34)(H3,28,32,33). The second kappa shape index (κ2) is 9.22. The summed E-state index contributed by atoms with van der Waals surface area (Å²) in [6.45, 7) is 0.258. The van der Waals surface area contributed by atoms with Crippen LogP contribution in [0.15, 0.2) is 73.1 Å². The van der Waals surface area contributed by atoms with Crippen molar-refractivity contribution in [1.82, 2.24) is 25.5 Å². The molecule has 0 fully saturated rings. The molecule has 35 heavy (non-hydrogen) atoms. The summed E-state index contributed by atoms with van der Waals surface area (Å²) in [5, 5.41) is 10.7. The van der Waals surface area contributed by atoms with Crippen LogP contribution in [0.1, 0.15) is 15.9 Å². The van der Waals surface area contributed by atoms with Crippen molar-refractivity contribution in [3.05, 3.63) is 90.0 Å². The van der Waals surface area contributed by atoms with Crippen molar-refractivity contribution in [2.75, 3.05) is 12.8 Å². The Hall–Kier alpha value is -4.79. The van der Waals surface area contributed by atoms with Gasteiger partial charge >= 0.3 is 0 Å². The number of hydrogen-bond acceptors (Lipinski definition) is 6. The van der Waals surface area contributed by atoms with E-state index in [0.717, 1.165) is 34.0 Å². The lowest BCUT2D eigenvalue weighted by molar-refractivity contribution is 0.0947. The van der Waals surface area contributed by atoms with E-state index < -0.39 is 11.7 Å². The Kier molecular flexibility index (Phi) is 5.80. The van der Waals surface area contributed by atoms with Gasteiger partial charge in [-0.05, 0) is 35.9 Å². The van der Waals surface area contributed by atoms with E-state index in [-0.39, 0.29) is 12.1 Å². The van der Waals surface area contributed by atoms with Gasteiger partial charge in [-0.15, -0.1) is 0 Å². The predicted molar refractivity (Wildman–Crippen MR) is 131 cm³/mol. The molecule has 5 aromatic rings. The molecule has 0 bridgehead atoms. The first-order valence-corrected chi connectivity index (χ1v) is 10.8. The first-order valence-electron chi connectivity index (χ1n) is 10.8. The summed E-state index contributed by atoms with van der Waals surface area (Å²) < 4.78 is 18.7. The van der Waals surface area contributed by atoms with Crippen LogP contribution >= 0.6 is 0 Å². The summed E-state index contributed by atoms with van der Waals surface area (Å²) in [6.07, 6.45) is 3.47. The van der Waals surface area contributed by atoms with Crippen LogP contribution in [0.3, 0.4) is 0 Å². The number of anilines is 1. The summed E-state index contributed by atoms with van der Waals surface area (Å²) in [5.74, 6) is -0.279. The Balaban J connectivity index is 1.39. The Morgan fingerprint density at radius 3 is 2.69 bits per heavy atom. The third-order valence-electron chi connectivity index (χ3n) is 5.65. The molecular formula is C26H21FN6O2. The van der Waals surface area contributed by atoms with E-state index in [2.05, 4.69) is 25.5 Å². The number of carbonyl (C=O) groups excluding carboxylic acids is 1. The first kappa shape index (κ1) is 22.0. The maximum absolute atomic E-state index is 13.6. The molecule has 4 N–H and O–H groups in total. The maximum Gasteiger partial charge on any atom is 0.255 e. The van der Waals surface area contributed by atoms with Crippen molar-refractivity contribution in [3.63, 3.8) is 0 Å². The molecule has 0 aliphatic heterocycles. The number of fused-ring (bicyclic) bond motifs is 1. The van der Waals surface area contributed by atoms with Gasteiger partial charge in [0.25, 0.3) is 5.91 Å². The highest BCUT2D eigenvalue weighted by molar-refractivity contribution is 6.05. The molecule has 5 rings (SSSR count). The first-order chi connectivity index (χ1) is 17.0. The largest absolute Gasteiger partial charge is 0.496 e. The van der Waals surface area contributed by atoms with Gasteiger partial charge in [0, 0.05) is 30.1 Å². The van der Waals surface area contributed by atoms with Crippen molar-refractivity contribution >= 4 is 22.6 Å². The minimum absolute atomic E-state index is 0.138. The highest BCUT2D eigenvalue weighted by Gasteiger charge is 2.17. The number of nitrogen functional groups attached to an aromatic ring is 1. The van der Waals surface area contributed by atoms with Crippen molar-refractivity contribution in [3.8, 4) is 28.3 Å². The van der Waals surface area contributed by atoms with Crippen molar-refractivity contribution in [2.45, 2.75) is 6.54 Å². The van der Waals surface area contributed by atoms with Gasteiger partial charge in [0.1, 0.15) is 11.6 Å². The van der Waals surface area contributed by atoms with Crippen LogP contribution in [0.4, 0.5) is 10.2 Å². The predicted octanol–water partition coefficient (Wildman–Crippen LogP) is 4.35. The summed E-state index contributed by atoms with van der Waals surface area (Å²) in [6, 6.07) is 17.0. The second-order valence-corrected chi connectivity index (χ2v) is 7.82. The molecule has 0 unspecified atom stereocenters. The average molecular weight is 468 g/mol. The van der Waals surface area contributed by atoms with Crippen LogP contribution in [0.5, 0.6) is 5.75 Å². The normalized spacial score (nSPS) is 10.9. The Morgan fingerprint density at radius 1 is 1.11 bits per heavy atom. The number of aromatic nitrogens is 4. The van der Waals surface area contributed by atoms with Crippen LogP contribution in [-0.2, 0) is 6.54 Å². The minimum atomic E-state index is -0.508. The highest BCUT2D eigenvalue weighted by Crippen LogP contribution is 2.34. The molecule has 1 amide bonds. The van der Waals surface area contributed by atoms with Crippen molar-refractivity contribution in [2.24, 2.45) is 0 Å². The fraction of sp³-hybridized carbons (Fsp3) is 0.0769. The smallest absolute Gasteiger partial charge is 0.255 e. The van der Waals surface area contributed by atoms with Gasteiger partial charge in [-0.1, -0.05) is 30.3 Å². The fourth-order valence-corrected chi connectivity index (χ4v) is 3.90. The second-order valence-electron chi connectivity index (χ2n) is 7.82. The zero-order chi connectivity index (χ0) is 24.4. The molecule has 0 saturated carbocycles. The zero-order valence-electron chi connectivity index (χ0n) is 18.7. The molecule has 0 radical (unpaired) electrons. The van der Waals surface area contributed by atoms with Crippen LogP contribution in [-0.4, -0.2) is 33.2 Å². The van der Waals surface area contributed by atoms with E-state index in [1.165, 1.54) is 19.2 Å². The Bertz CT molecular complexity index is 1520. The molecule has 0 aliphatic carbocycles. The lowest BCUT2D eigenvalue weighted by atomic mass is 10.0. The maximum atomic E-state index is 13.6. The molecule has 2 aromatic carbocycles. The molecule has 9 heteroatoms. The van der Waals surface area contributed by atoms with Crippen molar-refractivity contribution in [1.29, 1.82) is 0 Å². The number of benzene rings is 2. The molecule has 0 atom stereocenters. The zero-order valence-corrected chi connectivity index (χ0v) is 18.7. The van der Waals surface area contributed by atoms with Crippen LogP contribution in [0.25, 0.3) is 33.4 Å². The van der Waals surface area contributed by atoms with E-state index in [9.17, 15) is 9.18 Å². The number of nitrogens with zero attached hydrogens (tertiary/aromatic N) is 3. The summed E-state index contributed by atoms with van der Waals surface area (Å²) in [4.78, 5) is 21.6. The topological polar surface area (TPSA) is 119 Å². The number of aromatic amines is 1. The molecule has 0 spiro atoms. The van der Waals surface area contributed by atoms with Gasteiger partial charge in [-0.2, -0.15) is 5.10 Å². The summed E-state index contributed by atoms with van der Waals surface area (Å²) in [5.41, 5.74) is 11.0. The van der Waals surface area contributed by atoms with Crippen LogP contribution in [0.2, 0.25) is 0 Å². The lowest BCUT2D eigenvalue weighted by Crippen LogP contribution is -2.23. The van der Waals surface area contributed by atoms with Gasteiger partial charge in [0.05, 0.1) is 35.0 Å². The van der Waals surface area contributed by atoms with Crippen LogP contribution in [0, 0.1) is 5.82 Å². The van der Waals surface area contributed by atoms with E-state index in [0.29, 0.717) is 22.6 Å². The number of ether oxygens (including phenoxy) is 1. The molecule has 174 valence electrons. The fourth-order valence-electron chi connectivity index (χ4n) is 3.90. The van der Waals surface area contributed by atoms with Gasteiger partial charge in [-0.3, -0.25) is 19.9 Å². The van der Waals surface area contributed by atoms with Gasteiger partial charge in [0.2, 0.25) is 0 Å². The number of amides is 1. The van der Waals surface area contributed by atoms with Gasteiger partial charge < -0.3 is 15.8 Å². The average Bonchev–Trinajstić information content (AvgIpc) is 3.29. The van der Waals surface area contributed by atoms with E-state index in [1.807, 2.05) is 42.5 Å². The van der Waals surface area contributed by atoms with E-state index in [1.54, 1.807) is 12.4 Å².